The van der Waals surface area contributed by atoms with Crippen LogP contribution in [0.4, 0.5) is 0 Å². The molecule has 0 bridgehead atoms. The number of hydrogen-bond acceptors (Lipinski definition) is 3. The van der Waals surface area contributed by atoms with Crippen molar-refractivity contribution < 1.29 is 14.3 Å². The van der Waals surface area contributed by atoms with E-state index in [4.69, 9.17) is 9.47 Å². The van der Waals surface area contributed by atoms with E-state index in [9.17, 15) is 4.79 Å². The third kappa shape index (κ3) is 4.81. The molecule has 1 aliphatic heterocycles. The van der Waals surface area contributed by atoms with Gasteiger partial charge in [0.25, 0.3) is 0 Å². The van der Waals surface area contributed by atoms with Gasteiger partial charge in [0.2, 0.25) is 0 Å². The van der Waals surface area contributed by atoms with Gasteiger partial charge in [-0.25, -0.2) is 4.79 Å². The van der Waals surface area contributed by atoms with Crippen molar-refractivity contribution in [3.05, 3.63) is 0 Å². The van der Waals surface area contributed by atoms with Crippen molar-refractivity contribution in [2.75, 3.05) is 17.6 Å². The van der Waals surface area contributed by atoms with Crippen LogP contribution in [-0.4, -0.2) is 29.7 Å². The summed E-state index contributed by atoms with van der Waals surface area (Å²) in [5.41, 5.74) is 0. The molecule has 3 nitrogen and oxygen atoms in total. The topological polar surface area (TPSA) is 35.5 Å². The predicted octanol–water partition coefficient (Wildman–Crippen LogP) is 1.92. The van der Waals surface area contributed by atoms with E-state index in [1.54, 1.807) is 0 Å². The minimum atomic E-state index is -0.219. The quantitative estimate of drug-likeness (QED) is 0.421. The van der Waals surface area contributed by atoms with E-state index in [1.807, 2.05) is 0 Å². The molecule has 76 valence electrons. The fourth-order valence-electron chi connectivity index (χ4n) is 1.30. The Morgan fingerprint density at radius 2 is 2.23 bits per heavy atom. The van der Waals surface area contributed by atoms with Gasteiger partial charge in [-0.05, 0) is 19.3 Å². The van der Waals surface area contributed by atoms with Gasteiger partial charge in [0.05, 0.1) is 0 Å². The Labute approximate surface area is 92.3 Å². The normalized spacial score (nSPS) is 26.5. The molecule has 1 saturated heterocycles. The number of carbonyl (C=O) groups excluding carboxylic acids is 1. The number of hydrogen-bond donors (Lipinski definition) is 0. The molecular formula is C9H15IO3. The van der Waals surface area contributed by atoms with Crippen molar-refractivity contribution in [3.63, 3.8) is 0 Å². The van der Waals surface area contributed by atoms with Gasteiger partial charge >= 0.3 is 5.97 Å². The smallest absolute Gasteiger partial charge is 0.332 e. The fraction of sp³-hybridized carbons (Fsp3) is 0.889. The van der Waals surface area contributed by atoms with Crippen molar-refractivity contribution in [1.29, 1.82) is 0 Å². The van der Waals surface area contributed by atoms with Crippen LogP contribution in [0.2, 0.25) is 0 Å². The fourth-order valence-corrected chi connectivity index (χ4v) is 1.92. The van der Waals surface area contributed by atoms with Crippen LogP contribution in [0.3, 0.4) is 0 Å². The number of cyclic esters (lactones) is 1. The van der Waals surface area contributed by atoms with E-state index in [-0.39, 0.29) is 18.7 Å². The number of rotatable bonds is 1. The Balaban J connectivity index is 2.34. The first-order chi connectivity index (χ1) is 6.33. The number of carbonyl (C=O) groups is 1. The van der Waals surface area contributed by atoms with Gasteiger partial charge in [-0.3, -0.25) is 0 Å². The summed E-state index contributed by atoms with van der Waals surface area (Å²) in [6.45, 7) is 0.803. The van der Waals surface area contributed by atoms with E-state index in [0.29, 0.717) is 6.61 Å². The van der Waals surface area contributed by atoms with Crippen LogP contribution in [0.5, 0.6) is 0 Å². The molecule has 0 spiro atoms. The standard InChI is InChI=1S/C9H15IO3/c10-6-8-4-2-1-3-5-12-7-9(11)13-8/h8H,1-7H2. The highest BCUT2D eigenvalue weighted by Gasteiger charge is 2.14. The molecule has 0 aromatic rings. The lowest BCUT2D eigenvalue weighted by Gasteiger charge is -2.17. The van der Waals surface area contributed by atoms with E-state index in [1.165, 1.54) is 6.42 Å². The molecule has 1 unspecified atom stereocenters. The zero-order chi connectivity index (χ0) is 9.52. The van der Waals surface area contributed by atoms with Gasteiger partial charge in [-0.1, -0.05) is 29.0 Å². The maximum absolute atomic E-state index is 11.1. The zero-order valence-corrected chi connectivity index (χ0v) is 9.79. The monoisotopic (exact) mass is 298 g/mol. The van der Waals surface area contributed by atoms with Gasteiger partial charge in [0, 0.05) is 11.0 Å². The van der Waals surface area contributed by atoms with Gasteiger partial charge in [-0.2, -0.15) is 0 Å². The molecule has 1 fully saturated rings. The summed E-state index contributed by atoms with van der Waals surface area (Å²) in [4.78, 5) is 11.1. The summed E-state index contributed by atoms with van der Waals surface area (Å²) in [6, 6.07) is 0. The minimum Gasteiger partial charge on any atom is -0.460 e. The summed E-state index contributed by atoms with van der Waals surface area (Å²) in [6.07, 6.45) is 4.44. The molecule has 0 aliphatic carbocycles. The zero-order valence-electron chi connectivity index (χ0n) is 7.63. The summed E-state index contributed by atoms with van der Waals surface area (Å²) < 4.78 is 11.2. The Bertz CT molecular complexity index is 161. The Morgan fingerprint density at radius 1 is 1.38 bits per heavy atom. The molecular weight excluding hydrogens is 283 g/mol. The first-order valence-corrected chi connectivity index (χ1v) is 6.18. The van der Waals surface area contributed by atoms with Crippen molar-refractivity contribution >= 4 is 28.6 Å². The Morgan fingerprint density at radius 3 is 3.00 bits per heavy atom. The average molecular weight is 298 g/mol. The molecule has 4 heteroatoms. The second-order valence-corrected chi connectivity index (χ2v) is 4.05. The molecule has 0 saturated carbocycles. The molecule has 0 N–H and O–H groups in total. The van der Waals surface area contributed by atoms with Crippen LogP contribution in [0.1, 0.15) is 25.7 Å². The van der Waals surface area contributed by atoms with E-state index in [0.717, 1.165) is 23.7 Å². The second-order valence-electron chi connectivity index (χ2n) is 3.17. The summed E-state index contributed by atoms with van der Waals surface area (Å²) in [5.74, 6) is -0.219. The SMILES string of the molecule is O=C1COCCCCCC(CI)O1. The van der Waals surface area contributed by atoms with Crippen LogP contribution < -0.4 is 0 Å². The Hall–Kier alpha value is 0.160. The molecule has 0 radical (unpaired) electrons. The van der Waals surface area contributed by atoms with E-state index in [2.05, 4.69) is 22.6 Å². The summed E-state index contributed by atoms with van der Waals surface area (Å²) in [5, 5.41) is 0. The van der Waals surface area contributed by atoms with Crippen molar-refractivity contribution in [3.8, 4) is 0 Å². The molecule has 1 rings (SSSR count). The number of ether oxygens (including phenoxy) is 2. The van der Waals surface area contributed by atoms with E-state index >= 15 is 0 Å². The van der Waals surface area contributed by atoms with Crippen LogP contribution in [-0.2, 0) is 14.3 Å². The molecule has 13 heavy (non-hydrogen) atoms. The Kier molecular flexibility index (Phi) is 5.70. The minimum absolute atomic E-state index is 0.0924. The van der Waals surface area contributed by atoms with Crippen molar-refractivity contribution in [2.24, 2.45) is 0 Å². The number of esters is 1. The first-order valence-electron chi connectivity index (χ1n) is 4.66. The van der Waals surface area contributed by atoms with Crippen LogP contribution in [0.25, 0.3) is 0 Å². The molecule has 0 amide bonds. The van der Waals surface area contributed by atoms with Gasteiger partial charge < -0.3 is 9.47 Å². The lowest BCUT2D eigenvalue weighted by atomic mass is 10.1. The highest BCUT2D eigenvalue weighted by molar-refractivity contribution is 14.1. The van der Waals surface area contributed by atoms with Gasteiger partial charge in [-0.15, -0.1) is 0 Å². The highest BCUT2D eigenvalue weighted by Crippen LogP contribution is 2.11. The van der Waals surface area contributed by atoms with Crippen molar-refractivity contribution in [2.45, 2.75) is 31.8 Å². The number of halogens is 1. The summed E-state index contributed by atoms with van der Waals surface area (Å²) in [7, 11) is 0. The molecule has 0 aromatic heterocycles. The van der Waals surface area contributed by atoms with Gasteiger partial charge in [0.15, 0.2) is 0 Å². The maximum atomic E-state index is 11.1. The number of alkyl halides is 1. The third-order valence-electron chi connectivity index (χ3n) is 2.00. The molecule has 0 aromatic carbocycles. The van der Waals surface area contributed by atoms with Crippen LogP contribution in [0.15, 0.2) is 0 Å². The van der Waals surface area contributed by atoms with Gasteiger partial charge in [0.1, 0.15) is 12.7 Å². The second kappa shape index (κ2) is 6.59. The van der Waals surface area contributed by atoms with E-state index < -0.39 is 0 Å². The third-order valence-corrected chi connectivity index (χ3v) is 2.99. The lowest BCUT2D eigenvalue weighted by molar-refractivity contribution is -0.154. The molecule has 1 atom stereocenters. The first kappa shape index (κ1) is 11.2. The molecule has 1 aliphatic rings. The largest absolute Gasteiger partial charge is 0.460 e. The van der Waals surface area contributed by atoms with Crippen molar-refractivity contribution in [1.82, 2.24) is 0 Å². The molecule has 1 heterocycles. The van der Waals surface area contributed by atoms with Crippen LogP contribution >= 0.6 is 22.6 Å². The maximum Gasteiger partial charge on any atom is 0.332 e. The summed E-state index contributed by atoms with van der Waals surface area (Å²) >= 11 is 2.25. The average Bonchev–Trinajstić information content (AvgIpc) is 2.15. The lowest BCUT2D eigenvalue weighted by Crippen LogP contribution is -2.24. The highest BCUT2D eigenvalue weighted by atomic mass is 127. The predicted molar refractivity (Wildman–Crippen MR) is 58.1 cm³/mol. The van der Waals surface area contributed by atoms with Crippen LogP contribution in [0, 0.1) is 0 Å².